The van der Waals surface area contributed by atoms with Crippen molar-refractivity contribution in [1.82, 2.24) is 0 Å². The van der Waals surface area contributed by atoms with E-state index in [0.717, 1.165) is 18.4 Å². The summed E-state index contributed by atoms with van der Waals surface area (Å²) in [5.74, 6) is 0.964. The minimum absolute atomic E-state index is 0.139. The van der Waals surface area contributed by atoms with Gasteiger partial charge in [-0.15, -0.1) is 0 Å². The highest BCUT2D eigenvalue weighted by Gasteiger charge is 2.33. The number of nitro groups is 1. The third-order valence-corrected chi connectivity index (χ3v) is 4.11. The Balaban J connectivity index is 2.35. The van der Waals surface area contributed by atoms with E-state index in [4.69, 9.17) is 5.73 Å². The molecule has 1 aliphatic carbocycles. The highest BCUT2D eigenvalue weighted by molar-refractivity contribution is 5.54. The average Bonchev–Trinajstić information content (AvgIpc) is 2.26. The fraction of sp³-hybridized carbons (Fsp3) is 0.600. The fourth-order valence-corrected chi connectivity index (χ4v) is 3.61. The first kappa shape index (κ1) is 13.8. The van der Waals surface area contributed by atoms with Gasteiger partial charge in [0.15, 0.2) is 0 Å². The molecule has 0 aromatic heterocycles. The van der Waals surface area contributed by atoms with Crippen LogP contribution in [0.3, 0.4) is 0 Å². The van der Waals surface area contributed by atoms with Crippen LogP contribution in [0.25, 0.3) is 0 Å². The van der Waals surface area contributed by atoms with E-state index in [-0.39, 0.29) is 16.0 Å². The number of hydrogen-bond acceptors (Lipinski definition) is 3. The Morgan fingerprint density at radius 2 is 2.05 bits per heavy atom. The molecule has 4 nitrogen and oxygen atoms in total. The third kappa shape index (κ3) is 3.06. The summed E-state index contributed by atoms with van der Waals surface area (Å²) in [5, 5.41) is 10.9. The van der Waals surface area contributed by atoms with Gasteiger partial charge in [-0.05, 0) is 48.1 Å². The molecule has 1 aromatic carbocycles. The van der Waals surface area contributed by atoms with Gasteiger partial charge < -0.3 is 5.73 Å². The molecule has 1 aromatic rings. The monoisotopic (exact) mass is 262 g/mol. The lowest BCUT2D eigenvalue weighted by atomic mass is 9.66. The zero-order valence-electron chi connectivity index (χ0n) is 11.8. The zero-order valence-corrected chi connectivity index (χ0v) is 11.8. The number of rotatable bonds is 2. The van der Waals surface area contributed by atoms with Crippen LogP contribution in [0.5, 0.6) is 0 Å². The largest absolute Gasteiger partial charge is 0.398 e. The molecule has 0 heterocycles. The Morgan fingerprint density at radius 3 is 2.63 bits per heavy atom. The second kappa shape index (κ2) is 4.83. The lowest BCUT2D eigenvalue weighted by Crippen LogP contribution is -2.26. The second-order valence-corrected chi connectivity index (χ2v) is 6.68. The number of hydrogen-bond donors (Lipinski definition) is 1. The number of nitro benzene ring substituents is 1. The number of nitrogens with two attached hydrogens (primary N) is 1. The van der Waals surface area contributed by atoms with E-state index in [1.54, 1.807) is 12.1 Å². The van der Waals surface area contributed by atoms with Crippen LogP contribution in [0.4, 0.5) is 11.4 Å². The minimum atomic E-state index is -0.347. The molecular weight excluding hydrogens is 240 g/mol. The molecule has 0 spiro atoms. The molecule has 104 valence electrons. The Bertz CT molecular complexity index is 497. The van der Waals surface area contributed by atoms with Gasteiger partial charge in [-0.25, -0.2) is 0 Å². The molecule has 0 aliphatic heterocycles. The van der Waals surface area contributed by atoms with E-state index in [2.05, 4.69) is 20.8 Å². The normalized spacial score (nSPS) is 26.1. The molecule has 0 unspecified atom stereocenters. The molecule has 19 heavy (non-hydrogen) atoms. The van der Waals surface area contributed by atoms with Crippen molar-refractivity contribution in [3.8, 4) is 0 Å². The van der Waals surface area contributed by atoms with Crippen molar-refractivity contribution in [1.29, 1.82) is 0 Å². The maximum Gasteiger partial charge on any atom is 0.269 e. The Labute approximate surface area is 114 Å². The summed E-state index contributed by atoms with van der Waals surface area (Å²) < 4.78 is 0. The summed E-state index contributed by atoms with van der Waals surface area (Å²) in [7, 11) is 0. The second-order valence-electron chi connectivity index (χ2n) is 6.68. The van der Waals surface area contributed by atoms with Crippen molar-refractivity contribution in [2.75, 3.05) is 5.73 Å². The molecule has 0 saturated heterocycles. The maximum atomic E-state index is 10.9. The van der Waals surface area contributed by atoms with E-state index >= 15 is 0 Å². The van der Waals surface area contributed by atoms with Crippen molar-refractivity contribution >= 4 is 11.4 Å². The van der Waals surface area contributed by atoms with Crippen LogP contribution in [0.2, 0.25) is 0 Å². The average molecular weight is 262 g/mol. The highest BCUT2D eigenvalue weighted by atomic mass is 16.6. The zero-order chi connectivity index (χ0) is 14.2. The van der Waals surface area contributed by atoms with Gasteiger partial charge in [-0.3, -0.25) is 10.1 Å². The van der Waals surface area contributed by atoms with E-state index in [1.807, 2.05) is 0 Å². The molecule has 0 radical (unpaired) electrons. The quantitative estimate of drug-likeness (QED) is 0.495. The highest BCUT2D eigenvalue weighted by Crippen LogP contribution is 2.47. The molecule has 0 bridgehead atoms. The van der Waals surface area contributed by atoms with Gasteiger partial charge in [0.25, 0.3) is 5.69 Å². The lowest BCUT2D eigenvalue weighted by molar-refractivity contribution is -0.384. The summed E-state index contributed by atoms with van der Waals surface area (Å²) in [6, 6.07) is 4.81. The van der Waals surface area contributed by atoms with Crippen LogP contribution >= 0.6 is 0 Å². The van der Waals surface area contributed by atoms with Crippen molar-refractivity contribution in [2.45, 2.75) is 46.0 Å². The number of benzene rings is 1. The smallest absolute Gasteiger partial charge is 0.269 e. The van der Waals surface area contributed by atoms with Crippen molar-refractivity contribution in [2.24, 2.45) is 11.3 Å². The van der Waals surface area contributed by atoms with Crippen LogP contribution in [0.15, 0.2) is 18.2 Å². The molecule has 1 saturated carbocycles. The predicted octanol–water partition coefficient (Wildman–Crippen LogP) is 4.11. The van der Waals surface area contributed by atoms with Crippen LogP contribution in [0.1, 0.15) is 51.5 Å². The molecular formula is C15H22N2O2. The summed E-state index contributed by atoms with van der Waals surface area (Å²) in [6.45, 7) is 6.79. The van der Waals surface area contributed by atoms with Crippen LogP contribution in [0, 0.1) is 21.4 Å². The first-order chi connectivity index (χ1) is 8.78. The molecule has 2 N–H and O–H groups in total. The fourth-order valence-electron chi connectivity index (χ4n) is 3.61. The SMILES string of the molecule is C[C@H]1C[C@@H](c2cc([N+](=O)[O-])ccc2N)CC(C)(C)C1. The lowest BCUT2D eigenvalue weighted by Gasteiger charge is -2.39. The molecule has 0 amide bonds. The van der Waals surface area contributed by atoms with Gasteiger partial charge >= 0.3 is 0 Å². The van der Waals surface area contributed by atoms with Crippen LogP contribution in [-0.2, 0) is 0 Å². The van der Waals surface area contributed by atoms with Gasteiger partial charge in [0, 0.05) is 17.8 Å². The summed E-state index contributed by atoms with van der Waals surface area (Å²) >= 11 is 0. The predicted molar refractivity (Wildman–Crippen MR) is 77.0 cm³/mol. The van der Waals surface area contributed by atoms with Gasteiger partial charge in [0.1, 0.15) is 0 Å². The molecule has 1 fully saturated rings. The van der Waals surface area contributed by atoms with Crippen LogP contribution in [-0.4, -0.2) is 4.92 Å². The number of nitrogen functional groups attached to an aromatic ring is 1. The first-order valence-electron chi connectivity index (χ1n) is 6.82. The van der Waals surface area contributed by atoms with E-state index < -0.39 is 0 Å². The Kier molecular flexibility index (Phi) is 3.52. The van der Waals surface area contributed by atoms with E-state index in [1.165, 1.54) is 12.5 Å². The Morgan fingerprint density at radius 1 is 1.37 bits per heavy atom. The Hall–Kier alpha value is -1.58. The molecule has 2 atom stereocenters. The molecule has 2 rings (SSSR count). The van der Waals surface area contributed by atoms with Crippen molar-refractivity contribution < 1.29 is 4.92 Å². The standard InChI is InChI=1S/C15H22N2O2/c1-10-6-11(9-15(2,3)8-10)13-7-12(17(18)19)4-5-14(13)16/h4-5,7,10-11H,6,8-9,16H2,1-3H3/t10-,11+/m0/s1. The first-order valence-corrected chi connectivity index (χ1v) is 6.82. The maximum absolute atomic E-state index is 10.9. The topological polar surface area (TPSA) is 69.2 Å². The van der Waals surface area contributed by atoms with Crippen molar-refractivity contribution in [3.63, 3.8) is 0 Å². The summed E-state index contributed by atoms with van der Waals surface area (Å²) in [6.07, 6.45) is 3.32. The summed E-state index contributed by atoms with van der Waals surface area (Å²) in [5.41, 5.74) is 8.08. The van der Waals surface area contributed by atoms with E-state index in [9.17, 15) is 10.1 Å². The van der Waals surface area contributed by atoms with Gasteiger partial charge in [0.2, 0.25) is 0 Å². The third-order valence-electron chi connectivity index (χ3n) is 4.11. The minimum Gasteiger partial charge on any atom is -0.398 e. The summed E-state index contributed by atoms with van der Waals surface area (Å²) in [4.78, 5) is 10.6. The van der Waals surface area contributed by atoms with E-state index in [0.29, 0.717) is 17.5 Å². The molecule has 4 heteroatoms. The molecule has 1 aliphatic rings. The van der Waals surface area contributed by atoms with Gasteiger partial charge in [-0.1, -0.05) is 20.8 Å². The van der Waals surface area contributed by atoms with Crippen molar-refractivity contribution in [3.05, 3.63) is 33.9 Å². The van der Waals surface area contributed by atoms with Crippen LogP contribution < -0.4 is 5.73 Å². The van der Waals surface area contributed by atoms with Gasteiger partial charge in [-0.2, -0.15) is 0 Å². The number of anilines is 1. The van der Waals surface area contributed by atoms with Gasteiger partial charge in [0.05, 0.1) is 4.92 Å². The number of non-ortho nitro benzene ring substituents is 1. The number of nitrogens with zero attached hydrogens (tertiary/aromatic N) is 1.